The standard InChI is InChI=1S/C30H23N3/c1-21-27(25-19-11-12-20-26(25)31-21)30-32-28(22-13-5-2-6-14-22)29(23-15-7-3-8-16-23)33(30)24-17-9-4-10-18-24/h2-20,31H,1H3. The summed E-state index contributed by atoms with van der Waals surface area (Å²) in [6.45, 7) is 2.13. The second-order valence-corrected chi connectivity index (χ2v) is 8.21. The second-order valence-electron chi connectivity index (χ2n) is 8.21. The van der Waals surface area contributed by atoms with Gasteiger partial charge < -0.3 is 4.98 Å². The Morgan fingerprint density at radius 3 is 1.91 bits per heavy atom. The maximum atomic E-state index is 5.33. The molecule has 0 unspecified atom stereocenters. The summed E-state index contributed by atoms with van der Waals surface area (Å²) in [6.07, 6.45) is 0. The van der Waals surface area contributed by atoms with Crippen LogP contribution < -0.4 is 0 Å². The van der Waals surface area contributed by atoms with Crippen LogP contribution in [0.2, 0.25) is 0 Å². The van der Waals surface area contributed by atoms with E-state index in [1.54, 1.807) is 0 Å². The van der Waals surface area contributed by atoms with Crippen LogP contribution in [0.1, 0.15) is 5.69 Å². The Bertz CT molecular complexity index is 1540. The zero-order valence-corrected chi connectivity index (χ0v) is 18.4. The van der Waals surface area contributed by atoms with Gasteiger partial charge in [-0.1, -0.05) is 97.1 Å². The number of rotatable bonds is 4. The predicted molar refractivity (Wildman–Crippen MR) is 136 cm³/mol. The van der Waals surface area contributed by atoms with Crippen LogP contribution in [0.25, 0.3) is 50.5 Å². The molecule has 0 atom stereocenters. The number of H-pyrrole nitrogens is 1. The van der Waals surface area contributed by atoms with Gasteiger partial charge in [0.1, 0.15) is 5.82 Å². The lowest BCUT2D eigenvalue weighted by Gasteiger charge is -2.14. The van der Waals surface area contributed by atoms with Gasteiger partial charge in [-0.25, -0.2) is 4.98 Å². The summed E-state index contributed by atoms with van der Waals surface area (Å²) >= 11 is 0. The highest BCUT2D eigenvalue weighted by molar-refractivity contribution is 5.98. The molecule has 0 saturated heterocycles. The van der Waals surface area contributed by atoms with Crippen molar-refractivity contribution in [3.63, 3.8) is 0 Å². The smallest absolute Gasteiger partial charge is 0.148 e. The van der Waals surface area contributed by atoms with Gasteiger partial charge in [0.05, 0.1) is 11.4 Å². The monoisotopic (exact) mass is 425 g/mol. The van der Waals surface area contributed by atoms with E-state index >= 15 is 0 Å². The number of aromatic amines is 1. The molecule has 0 fully saturated rings. The summed E-state index contributed by atoms with van der Waals surface area (Å²) in [6, 6.07) is 40.0. The van der Waals surface area contributed by atoms with Crippen molar-refractivity contribution in [1.29, 1.82) is 0 Å². The highest BCUT2D eigenvalue weighted by Gasteiger charge is 2.25. The van der Waals surface area contributed by atoms with E-state index in [9.17, 15) is 0 Å². The van der Waals surface area contributed by atoms with Crippen molar-refractivity contribution < 1.29 is 0 Å². The molecule has 0 aliphatic rings. The Kier molecular flexibility index (Phi) is 4.66. The number of fused-ring (bicyclic) bond motifs is 1. The number of aryl methyl sites for hydroxylation is 1. The molecule has 6 aromatic rings. The van der Waals surface area contributed by atoms with E-state index in [1.807, 2.05) is 6.07 Å². The van der Waals surface area contributed by atoms with Gasteiger partial charge in [-0.3, -0.25) is 4.57 Å². The normalized spacial score (nSPS) is 11.2. The fourth-order valence-corrected chi connectivity index (χ4v) is 4.64. The average molecular weight is 426 g/mol. The molecule has 0 aliphatic carbocycles. The maximum Gasteiger partial charge on any atom is 0.148 e. The number of imidazole rings is 1. The maximum absolute atomic E-state index is 5.33. The average Bonchev–Trinajstić information content (AvgIpc) is 3.42. The zero-order chi connectivity index (χ0) is 22.2. The van der Waals surface area contributed by atoms with E-state index in [0.717, 1.165) is 50.8 Å². The van der Waals surface area contributed by atoms with Crippen LogP contribution in [0.3, 0.4) is 0 Å². The van der Waals surface area contributed by atoms with Crippen molar-refractivity contribution in [1.82, 2.24) is 14.5 Å². The van der Waals surface area contributed by atoms with Gasteiger partial charge in [-0.15, -0.1) is 0 Å². The molecular formula is C30H23N3. The highest BCUT2D eigenvalue weighted by atomic mass is 15.1. The van der Waals surface area contributed by atoms with Gasteiger partial charge in [0.25, 0.3) is 0 Å². The summed E-state index contributed by atoms with van der Waals surface area (Å²) in [5, 5.41) is 1.18. The third kappa shape index (κ3) is 3.26. The minimum absolute atomic E-state index is 0.939. The van der Waals surface area contributed by atoms with Gasteiger partial charge in [-0.2, -0.15) is 0 Å². The summed E-state index contributed by atoms with van der Waals surface area (Å²) < 4.78 is 2.31. The number of hydrogen-bond donors (Lipinski definition) is 1. The van der Waals surface area contributed by atoms with Gasteiger partial charge in [0.2, 0.25) is 0 Å². The molecular weight excluding hydrogens is 402 g/mol. The largest absolute Gasteiger partial charge is 0.358 e. The Labute approximate surface area is 193 Å². The van der Waals surface area contributed by atoms with Crippen LogP contribution in [0, 0.1) is 6.92 Å². The summed E-state index contributed by atoms with van der Waals surface area (Å²) in [5.41, 5.74) is 8.76. The van der Waals surface area contributed by atoms with E-state index in [0.29, 0.717) is 0 Å². The molecule has 3 nitrogen and oxygen atoms in total. The molecule has 2 heterocycles. The summed E-state index contributed by atoms with van der Waals surface area (Å²) in [5.74, 6) is 0.939. The van der Waals surface area contributed by atoms with E-state index in [1.165, 1.54) is 5.39 Å². The third-order valence-corrected chi connectivity index (χ3v) is 6.10. The minimum atomic E-state index is 0.939. The lowest BCUT2D eigenvalue weighted by atomic mass is 10.0. The lowest BCUT2D eigenvalue weighted by Crippen LogP contribution is -2.00. The first-order valence-corrected chi connectivity index (χ1v) is 11.2. The molecule has 3 heteroatoms. The van der Waals surface area contributed by atoms with Crippen LogP contribution in [0.5, 0.6) is 0 Å². The Morgan fingerprint density at radius 2 is 1.21 bits per heavy atom. The zero-order valence-electron chi connectivity index (χ0n) is 18.4. The Morgan fingerprint density at radius 1 is 0.636 bits per heavy atom. The number of aromatic nitrogens is 3. The molecule has 0 amide bonds. The van der Waals surface area contributed by atoms with Crippen molar-refractivity contribution in [2.24, 2.45) is 0 Å². The van der Waals surface area contributed by atoms with Crippen molar-refractivity contribution in [2.45, 2.75) is 6.92 Å². The van der Waals surface area contributed by atoms with Gasteiger partial charge in [0, 0.05) is 39.0 Å². The van der Waals surface area contributed by atoms with Gasteiger partial charge in [0.15, 0.2) is 0 Å². The molecule has 2 aromatic heterocycles. The van der Waals surface area contributed by atoms with Crippen molar-refractivity contribution in [3.05, 3.63) is 121 Å². The number of para-hydroxylation sites is 2. The van der Waals surface area contributed by atoms with Crippen molar-refractivity contribution >= 4 is 10.9 Å². The first kappa shape index (κ1) is 19.3. The SMILES string of the molecule is Cc1[nH]c2ccccc2c1-c1nc(-c2ccccc2)c(-c2ccccc2)n1-c1ccccc1. The molecule has 33 heavy (non-hydrogen) atoms. The van der Waals surface area contributed by atoms with Crippen molar-refractivity contribution in [3.8, 4) is 39.6 Å². The predicted octanol–water partition coefficient (Wildman–Crippen LogP) is 7.66. The summed E-state index contributed by atoms with van der Waals surface area (Å²) in [7, 11) is 0. The van der Waals surface area contributed by atoms with E-state index < -0.39 is 0 Å². The molecule has 4 aromatic carbocycles. The van der Waals surface area contributed by atoms with Crippen LogP contribution in [0.15, 0.2) is 115 Å². The minimum Gasteiger partial charge on any atom is -0.358 e. The fourth-order valence-electron chi connectivity index (χ4n) is 4.64. The number of nitrogens with one attached hydrogen (secondary N) is 1. The van der Waals surface area contributed by atoms with E-state index in [4.69, 9.17) is 4.98 Å². The lowest BCUT2D eigenvalue weighted by molar-refractivity contribution is 1.07. The quantitative estimate of drug-likeness (QED) is 0.309. The molecule has 1 N–H and O–H groups in total. The topological polar surface area (TPSA) is 33.6 Å². The van der Waals surface area contributed by atoms with Crippen LogP contribution in [-0.2, 0) is 0 Å². The molecule has 0 spiro atoms. The van der Waals surface area contributed by atoms with Crippen molar-refractivity contribution in [2.75, 3.05) is 0 Å². The van der Waals surface area contributed by atoms with Crippen LogP contribution in [0.4, 0.5) is 0 Å². The Balaban J connectivity index is 1.77. The first-order chi connectivity index (χ1) is 16.3. The highest BCUT2D eigenvalue weighted by Crippen LogP contribution is 2.41. The van der Waals surface area contributed by atoms with E-state index in [-0.39, 0.29) is 0 Å². The third-order valence-electron chi connectivity index (χ3n) is 6.10. The van der Waals surface area contributed by atoms with Gasteiger partial charge >= 0.3 is 0 Å². The molecule has 0 saturated carbocycles. The number of benzene rings is 4. The molecule has 158 valence electrons. The Hall–Kier alpha value is -4.37. The fraction of sp³-hybridized carbons (Fsp3) is 0.0333. The van der Waals surface area contributed by atoms with Crippen LogP contribution in [-0.4, -0.2) is 14.5 Å². The number of hydrogen-bond acceptors (Lipinski definition) is 1. The molecule has 6 rings (SSSR count). The second kappa shape index (κ2) is 7.95. The van der Waals surface area contributed by atoms with Crippen LogP contribution >= 0.6 is 0 Å². The molecule has 0 aliphatic heterocycles. The van der Waals surface area contributed by atoms with E-state index in [2.05, 4.69) is 126 Å². The first-order valence-electron chi connectivity index (χ1n) is 11.2. The molecule has 0 bridgehead atoms. The summed E-state index contributed by atoms with van der Waals surface area (Å²) in [4.78, 5) is 8.89. The molecule has 0 radical (unpaired) electrons. The number of nitrogens with zero attached hydrogens (tertiary/aromatic N) is 2. The van der Waals surface area contributed by atoms with Gasteiger partial charge in [-0.05, 0) is 25.1 Å².